The van der Waals surface area contributed by atoms with Crippen LogP contribution in [0.25, 0.3) is 0 Å². The van der Waals surface area contributed by atoms with Gasteiger partial charge in [0.1, 0.15) is 6.04 Å². The number of carbonyl (C=O) groups excluding carboxylic acids is 1. The van der Waals surface area contributed by atoms with Crippen LogP contribution < -0.4 is 10.2 Å². The number of pyridine rings is 1. The first-order chi connectivity index (χ1) is 7.25. The second-order valence-electron chi connectivity index (χ2n) is 4.16. The SMILES string of the molecule is Cc1ccc2c(n1)N1CCCC1C(=O)N2. The van der Waals surface area contributed by atoms with Crippen LogP contribution in [-0.2, 0) is 4.79 Å². The van der Waals surface area contributed by atoms with Crippen molar-refractivity contribution in [2.45, 2.75) is 25.8 Å². The maximum absolute atomic E-state index is 11.7. The second-order valence-corrected chi connectivity index (χ2v) is 4.16. The molecule has 1 unspecified atom stereocenters. The minimum absolute atomic E-state index is 0.00630. The molecule has 3 heterocycles. The van der Waals surface area contributed by atoms with Crippen LogP contribution in [0.1, 0.15) is 18.5 Å². The van der Waals surface area contributed by atoms with Gasteiger partial charge in [-0.3, -0.25) is 4.79 Å². The number of hydrogen-bond donors (Lipinski definition) is 1. The van der Waals surface area contributed by atoms with Crippen LogP contribution in [0.2, 0.25) is 0 Å². The summed E-state index contributed by atoms with van der Waals surface area (Å²) in [5.74, 6) is 1.06. The average Bonchev–Trinajstić information content (AvgIpc) is 2.69. The number of aromatic nitrogens is 1. The number of aryl methyl sites for hydroxylation is 1. The third-order valence-corrected chi connectivity index (χ3v) is 3.10. The quantitative estimate of drug-likeness (QED) is 0.691. The van der Waals surface area contributed by atoms with E-state index >= 15 is 0 Å². The Morgan fingerprint density at radius 2 is 2.40 bits per heavy atom. The van der Waals surface area contributed by atoms with Gasteiger partial charge in [-0.25, -0.2) is 4.98 Å². The molecule has 1 amide bonds. The van der Waals surface area contributed by atoms with Crippen molar-refractivity contribution in [3.63, 3.8) is 0 Å². The normalized spacial score (nSPS) is 23.4. The van der Waals surface area contributed by atoms with E-state index in [4.69, 9.17) is 0 Å². The zero-order chi connectivity index (χ0) is 10.4. The summed E-state index contributed by atoms with van der Waals surface area (Å²) < 4.78 is 0. The molecule has 0 aromatic carbocycles. The highest BCUT2D eigenvalue weighted by atomic mass is 16.2. The minimum Gasteiger partial charge on any atom is -0.343 e. The Morgan fingerprint density at radius 3 is 3.27 bits per heavy atom. The van der Waals surface area contributed by atoms with Gasteiger partial charge in [-0.2, -0.15) is 0 Å². The molecular weight excluding hydrogens is 190 g/mol. The Labute approximate surface area is 88.3 Å². The molecule has 3 rings (SSSR count). The molecule has 1 aromatic heterocycles. The molecule has 0 bridgehead atoms. The van der Waals surface area contributed by atoms with E-state index in [1.165, 1.54) is 0 Å². The highest BCUT2D eigenvalue weighted by Crippen LogP contribution is 2.34. The van der Waals surface area contributed by atoms with E-state index in [2.05, 4.69) is 15.2 Å². The highest BCUT2D eigenvalue weighted by molar-refractivity contribution is 6.03. The van der Waals surface area contributed by atoms with Crippen LogP contribution in [0.4, 0.5) is 11.5 Å². The largest absolute Gasteiger partial charge is 0.343 e. The van der Waals surface area contributed by atoms with E-state index in [0.29, 0.717) is 0 Å². The minimum atomic E-state index is 0.00630. The molecule has 78 valence electrons. The van der Waals surface area contributed by atoms with E-state index < -0.39 is 0 Å². The molecule has 1 N–H and O–H groups in total. The van der Waals surface area contributed by atoms with Crippen LogP contribution in [0.3, 0.4) is 0 Å². The van der Waals surface area contributed by atoms with Crippen molar-refractivity contribution in [1.29, 1.82) is 0 Å². The van der Waals surface area contributed by atoms with Gasteiger partial charge in [0.2, 0.25) is 5.91 Å². The van der Waals surface area contributed by atoms with Gasteiger partial charge in [-0.1, -0.05) is 0 Å². The first-order valence-corrected chi connectivity index (χ1v) is 5.31. The standard InChI is InChI=1S/C11H13N3O/c1-7-4-5-8-10(12-7)14-6-2-3-9(14)11(15)13-8/h4-5,9H,2-3,6H2,1H3,(H,13,15). The number of rotatable bonds is 0. The maximum atomic E-state index is 11.7. The molecule has 2 aliphatic heterocycles. The van der Waals surface area contributed by atoms with Gasteiger partial charge in [0, 0.05) is 12.2 Å². The van der Waals surface area contributed by atoms with Crippen molar-refractivity contribution in [2.24, 2.45) is 0 Å². The Bertz CT molecular complexity index is 430. The van der Waals surface area contributed by atoms with E-state index in [1.54, 1.807) is 0 Å². The molecule has 2 aliphatic rings. The summed E-state index contributed by atoms with van der Waals surface area (Å²) in [5, 5.41) is 2.92. The van der Waals surface area contributed by atoms with Crippen molar-refractivity contribution < 1.29 is 4.79 Å². The monoisotopic (exact) mass is 203 g/mol. The van der Waals surface area contributed by atoms with Crippen molar-refractivity contribution >= 4 is 17.4 Å². The van der Waals surface area contributed by atoms with Crippen LogP contribution >= 0.6 is 0 Å². The third kappa shape index (κ3) is 1.21. The summed E-state index contributed by atoms with van der Waals surface area (Å²) in [6.45, 7) is 2.92. The summed E-state index contributed by atoms with van der Waals surface area (Å²) in [6, 6.07) is 3.87. The van der Waals surface area contributed by atoms with Gasteiger partial charge < -0.3 is 10.2 Å². The van der Waals surface area contributed by atoms with Crippen molar-refractivity contribution in [3.8, 4) is 0 Å². The van der Waals surface area contributed by atoms with Gasteiger partial charge in [0.15, 0.2) is 5.82 Å². The van der Waals surface area contributed by atoms with Crippen LogP contribution in [0.5, 0.6) is 0 Å². The fraction of sp³-hybridized carbons (Fsp3) is 0.455. The number of anilines is 2. The summed E-state index contributed by atoms with van der Waals surface area (Å²) >= 11 is 0. The molecule has 0 spiro atoms. The molecule has 1 saturated heterocycles. The second kappa shape index (κ2) is 2.95. The van der Waals surface area contributed by atoms with Crippen molar-refractivity contribution in [3.05, 3.63) is 17.8 Å². The van der Waals surface area contributed by atoms with E-state index in [1.807, 2.05) is 19.1 Å². The lowest BCUT2D eigenvalue weighted by atomic mass is 10.1. The van der Waals surface area contributed by atoms with Gasteiger partial charge in [-0.05, 0) is 31.9 Å². The topological polar surface area (TPSA) is 45.2 Å². The summed E-state index contributed by atoms with van der Waals surface area (Å²) in [7, 11) is 0. The predicted molar refractivity (Wildman–Crippen MR) is 58.0 cm³/mol. The van der Waals surface area contributed by atoms with E-state index in [0.717, 1.165) is 36.6 Å². The Kier molecular flexibility index (Phi) is 1.71. The van der Waals surface area contributed by atoms with Gasteiger partial charge in [0.25, 0.3) is 0 Å². The zero-order valence-corrected chi connectivity index (χ0v) is 8.66. The lowest BCUT2D eigenvalue weighted by Crippen LogP contribution is -2.44. The molecule has 4 heteroatoms. The number of nitrogens with one attached hydrogen (secondary N) is 1. The molecule has 1 atom stereocenters. The predicted octanol–water partition coefficient (Wildman–Crippen LogP) is 1.31. The maximum Gasteiger partial charge on any atom is 0.247 e. The van der Waals surface area contributed by atoms with E-state index in [9.17, 15) is 4.79 Å². The fourth-order valence-electron chi connectivity index (χ4n) is 2.37. The third-order valence-electron chi connectivity index (χ3n) is 3.10. The number of nitrogens with zero attached hydrogens (tertiary/aromatic N) is 2. The van der Waals surface area contributed by atoms with Crippen LogP contribution in [0, 0.1) is 6.92 Å². The molecule has 15 heavy (non-hydrogen) atoms. The van der Waals surface area contributed by atoms with Gasteiger partial charge in [0.05, 0.1) is 5.69 Å². The summed E-state index contributed by atoms with van der Waals surface area (Å²) in [6.07, 6.45) is 2.02. The molecule has 4 nitrogen and oxygen atoms in total. The average molecular weight is 203 g/mol. The van der Waals surface area contributed by atoms with Crippen LogP contribution in [0.15, 0.2) is 12.1 Å². The summed E-state index contributed by atoms with van der Waals surface area (Å²) in [5.41, 5.74) is 1.85. The van der Waals surface area contributed by atoms with E-state index in [-0.39, 0.29) is 11.9 Å². The Hall–Kier alpha value is -1.58. The number of amides is 1. The molecular formula is C11H13N3O. The Morgan fingerprint density at radius 1 is 1.53 bits per heavy atom. The van der Waals surface area contributed by atoms with Crippen LogP contribution in [-0.4, -0.2) is 23.5 Å². The molecule has 1 aromatic rings. The first kappa shape index (κ1) is 8.71. The highest BCUT2D eigenvalue weighted by Gasteiger charge is 2.36. The Balaban J connectivity index is 2.12. The van der Waals surface area contributed by atoms with Gasteiger partial charge >= 0.3 is 0 Å². The molecule has 0 saturated carbocycles. The van der Waals surface area contributed by atoms with Gasteiger partial charge in [-0.15, -0.1) is 0 Å². The molecule has 0 radical (unpaired) electrons. The lowest BCUT2D eigenvalue weighted by Gasteiger charge is -2.31. The number of carbonyl (C=O) groups is 1. The fourth-order valence-corrected chi connectivity index (χ4v) is 2.37. The lowest BCUT2D eigenvalue weighted by molar-refractivity contribution is -0.117. The molecule has 1 fully saturated rings. The number of fused-ring (bicyclic) bond motifs is 3. The number of hydrogen-bond acceptors (Lipinski definition) is 3. The summed E-state index contributed by atoms with van der Waals surface area (Å²) in [4.78, 5) is 18.4. The molecule has 0 aliphatic carbocycles. The smallest absolute Gasteiger partial charge is 0.247 e. The first-order valence-electron chi connectivity index (χ1n) is 5.31. The van der Waals surface area contributed by atoms with Crippen molar-refractivity contribution in [2.75, 3.05) is 16.8 Å². The van der Waals surface area contributed by atoms with Crippen molar-refractivity contribution in [1.82, 2.24) is 4.98 Å². The zero-order valence-electron chi connectivity index (χ0n) is 8.66.